The smallest absolute Gasteiger partial charge is 0.352 e. The van der Waals surface area contributed by atoms with Crippen LogP contribution < -0.4 is 15.7 Å². The Hall–Kier alpha value is -3.65. The standard InChI is InChI=1S/C22H20ClN5O3/c1-14-25-19(15-7-9-17(31-2)10-8-15)11-20-26-27(22(30)28(14)20)13-21(29)24-12-16-5-3-4-6-18(16)23/h3-11H,12-13H2,1-2H3,(H,24,29). The van der Waals surface area contributed by atoms with Gasteiger partial charge in [0.05, 0.1) is 12.8 Å². The summed E-state index contributed by atoms with van der Waals surface area (Å²) in [6, 6.07) is 16.4. The summed E-state index contributed by atoms with van der Waals surface area (Å²) in [4.78, 5) is 29.6. The molecule has 2 aromatic heterocycles. The monoisotopic (exact) mass is 437 g/mol. The van der Waals surface area contributed by atoms with Crippen LogP contribution in [0.3, 0.4) is 0 Å². The molecule has 4 aromatic rings. The van der Waals surface area contributed by atoms with E-state index in [2.05, 4.69) is 15.4 Å². The molecule has 0 saturated heterocycles. The molecule has 0 aliphatic heterocycles. The maximum absolute atomic E-state index is 12.8. The van der Waals surface area contributed by atoms with Crippen LogP contribution in [0.15, 0.2) is 59.4 Å². The average Bonchev–Trinajstić information content (AvgIpc) is 3.08. The Kier molecular flexibility index (Phi) is 5.73. The molecule has 0 bridgehead atoms. The average molecular weight is 438 g/mol. The number of carbonyl (C=O) groups excluding carboxylic acids is 1. The Bertz CT molecular complexity index is 1310. The van der Waals surface area contributed by atoms with E-state index in [4.69, 9.17) is 16.3 Å². The fourth-order valence-corrected chi connectivity index (χ4v) is 3.44. The van der Waals surface area contributed by atoms with E-state index in [0.717, 1.165) is 21.6 Å². The summed E-state index contributed by atoms with van der Waals surface area (Å²) < 4.78 is 7.69. The predicted octanol–water partition coefficient (Wildman–Crippen LogP) is 2.84. The number of rotatable bonds is 6. The second-order valence-corrected chi connectivity index (χ2v) is 7.33. The van der Waals surface area contributed by atoms with Crippen molar-refractivity contribution in [2.24, 2.45) is 0 Å². The molecule has 2 heterocycles. The number of nitrogens with one attached hydrogen (secondary N) is 1. The number of hydrogen-bond donors (Lipinski definition) is 1. The topological polar surface area (TPSA) is 90.5 Å². The van der Waals surface area contributed by atoms with Gasteiger partial charge in [0.1, 0.15) is 18.1 Å². The van der Waals surface area contributed by atoms with E-state index >= 15 is 0 Å². The molecule has 0 spiro atoms. The summed E-state index contributed by atoms with van der Waals surface area (Å²) in [5.74, 6) is 0.882. The van der Waals surface area contributed by atoms with Crippen molar-refractivity contribution in [1.82, 2.24) is 24.5 Å². The number of methoxy groups -OCH3 is 1. The third-order valence-electron chi connectivity index (χ3n) is 4.85. The molecule has 0 atom stereocenters. The van der Waals surface area contributed by atoms with E-state index in [1.54, 1.807) is 26.2 Å². The molecule has 0 fully saturated rings. The number of halogens is 1. The summed E-state index contributed by atoms with van der Waals surface area (Å²) in [6.07, 6.45) is 0. The molecule has 1 amide bonds. The molecule has 158 valence electrons. The van der Waals surface area contributed by atoms with Crippen molar-refractivity contribution < 1.29 is 9.53 Å². The van der Waals surface area contributed by atoms with Crippen molar-refractivity contribution in [3.8, 4) is 17.0 Å². The van der Waals surface area contributed by atoms with E-state index in [9.17, 15) is 9.59 Å². The lowest BCUT2D eigenvalue weighted by atomic mass is 10.1. The normalized spacial score (nSPS) is 10.9. The molecule has 0 saturated carbocycles. The van der Waals surface area contributed by atoms with Crippen molar-refractivity contribution in [3.05, 3.63) is 81.5 Å². The zero-order chi connectivity index (χ0) is 22.0. The van der Waals surface area contributed by atoms with Crippen molar-refractivity contribution in [1.29, 1.82) is 0 Å². The van der Waals surface area contributed by atoms with Gasteiger partial charge in [0, 0.05) is 23.2 Å². The number of nitrogens with zero attached hydrogens (tertiary/aromatic N) is 4. The Morgan fingerprint density at radius 3 is 2.61 bits per heavy atom. The number of fused-ring (bicyclic) bond motifs is 1. The van der Waals surface area contributed by atoms with Gasteiger partial charge in [-0.05, 0) is 42.8 Å². The molecule has 0 unspecified atom stereocenters. The number of ether oxygens (including phenoxy) is 1. The van der Waals surface area contributed by atoms with E-state index in [0.29, 0.717) is 22.2 Å². The lowest BCUT2D eigenvalue weighted by Crippen LogP contribution is -2.32. The predicted molar refractivity (Wildman–Crippen MR) is 117 cm³/mol. The van der Waals surface area contributed by atoms with Crippen LogP contribution in [0.2, 0.25) is 5.02 Å². The van der Waals surface area contributed by atoms with Crippen LogP contribution in [0.25, 0.3) is 16.9 Å². The molecule has 0 aliphatic carbocycles. The third kappa shape index (κ3) is 4.29. The molecular weight excluding hydrogens is 418 g/mol. The van der Waals surface area contributed by atoms with Crippen molar-refractivity contribution in [2.45, 2.75) is 20.0 Å². The molecule has 1 N–H and O–H groups in total. The summed E-state index contributed by atoms with van der Waals surface area (Å²) >= 11 is 6.11. The maximum Gasteiger partial charge on any atom is 0.352 e. The van der Waals surface area contributed by atoms with Crippen LogP contribution >= 0.6 is 11.6 Å². The van der Waals surface area contributed by atoms with Crippen molar-refractivity contribution >= 4 is 23.2 Å². The Balaban J connectivity index is 1.56. The quantitative estimate of drug-likeness (QED) is 0.501. The van der Waals surface area contributed by atoms with Gasteiger partial charge in [0.2, 0.25) is 5.91 Å². The van der Waals surface area contributed by atoms with Gasteiger partial charge in [-0.2, -0.15) is 0 Å². The first-order valence-electron chi connectivity index (χ1n) is 9.58. The number of amides is 1. The lowest BCUT2D eigenvalue weighted by molar-refractivity contribution is -0.122. The van der Waals surface area contributed by atoms with Gasteiger partial charge in [-0.1, -0.05) is 29.8 Å². The van der Waals surface area contributed by atoms with Gasteiger partial charge < -0.3 is 10.1 Å². The maximum atomic E-state index is 12.8. The van der Waals surface area contributed by atoms with E-state index in [1.165, 1.54) is 4.40 Å². The lowest BCUT2D eigenvalue weighted by Gasteiger charge is -2.06. The van der Waals surface area contributed by atoms with Crippen LogP contribution in [0.5, 0.6) is 5.75 Å². The van der Waals surface area contributed by atoms with Crippen LogP contribution in [0.4, 0.5) is 0 Å². The molecule has 4 rings (SSSR count). The summed E-state index contributed by atoms with van der Waals surface area (Å²) in [7, 11) is 1.60. The van der Waals surface area contributed by atoms with Crippen LogP contribution in [-0.2, 0) is 17.9 Å². The summed E-state index contributed by atoms with van der Waals surface area (Å²) in [6.45, 7) is 1.79. The Labute approximate surface area is 183 Å². The molecule has 8 nitrogen and oxygen atoms in total. The van der Waals surface area contributed by atoms with Gasteiger partial charge in [0.25, 0.3) is 0 Å². The van der Waals surface area contributed by atoms with Gasteiger partial charge in [-0.25, -0.2) is 18.9 Å². The fraction of sp³-hybridized carbons (Fsp3) is 0.182. The largest absolute Gasteiger partial charge is 0.497 e. The highest BCUT2D eigenvalue weighted by Crippen LogP contribution is 2.21. The van der Waals surface area contributed by atoms with E-state index < -0.39 is 5.69 Å². The Morgan fingerprint density at radius 1 is 1.16 bits per heavy atom. The number of carbonyl (C=O) groups is 1. The van der Waals surface area contributed by atoms with Gasteiger partial charge >= 0.3 is 5.69 Å². The summed E-state index contributed by atoms with van der Waals surface area (Å²) in [5.41, 5.74) is 2.33. The van der Waals surface area contributed by atoms with E-state index in [-0.39, 0.29) is 19.0 Å². The first-order valence-corrected chi connectivity index (χ1v) is 9.96. The Morgan fingerprint density at radius 2 is 1.90 bits per heavy atom. The summed E-state index contributed by atoms with van der Waals surface area (Å²) in [5, 5.41) is 7.65. The molecular formula is C22H20ClN5O3. The third-order valence-corrected chi connectivity index (χ3v) is 5.22. The second kappa shape index (κ2) is 8.61. The van der Waals surface area contributed by atoms with E-state index in [1.807, 2.05) is 42.5 Å². The fourth-order valence-electron chi connectivity index (χ4n) is 3.24. The van der Waals surface area contributed by atoms with Crippen LogP contribution in [0.1, 0.15) is 11.4 Å². The number of benzene rings is 2. The minimum atomic E-state index is -0.422. The van der Waals surface area contributed by atoms with Gasteiger partial charge in [-0.15, -0.1) is 5.10 Å². The van der Waals surface area contributed by atoms with Crippen molar-refractivity contribution in [3.63, 3.8) is 0 Å². The molecule has 0 radical (unpaired) electrons. The minimum absolute atomic E-state index is 0.206. The highest BCUT2D eigenvalue weighted by Gasteiger charge is 2.15. The number of aryl methyl sites for hydroxylation is 1. The van der Waals surface area contributed by atoms with Gasteiger partial charge in [0.15, 0.2) is 5.65 Å². The molecule has 9 heteroatoms. The highest BCUT2D eigenvalue weighted by molar-refractivity contribution is 6.31. The molecule has 31 heavy (non-hydrogen) atoms. The van der Waals surface area contributed by atoms with Crippen LogP contribution in [-0.4, -0.2) is 32.2 Å². The SMILES string of the molecule is COc1ccc(-c2cc3nn(CC(=O)NCc4ccccc4Cl)c(=O)n3c(C)n2)cc1. The zero-order valence-electron chi connectivity index (χ0n) is 17.0. The number of hydrogen-bond acceptors (Lipinski definition) is 5. The first kappa shape index (κ1) is 20.6. The molecule has 0 aliphatic rings. The minimum Gasteiger partial charge on any atom is -0.497 e. The van der Waals surface area contributed by atoms with Crippen LogP contribution in [0, 0.1) is 6.92 Å². The number of aromatic nitrogens is 4. The highest BCUT2D eigenvalue weighted by atomic mass is 35.5. The zero-order valence-corrected chi connectivity index (χ0v) is 17.8. The van der Waals surface area contributed by atoms with Crippen molar-refractivity contribution in [2.75, 3.05) is 7.11 Å². The molecule has 2 aromatic carbocycles. The second-order valence-electron chi connectivity index (χ2n) is 6.92. The van der Waals surface area contributed by atoms with Gasteiger partial charge in [-0.3, -0.25) is 4.79 Å². The first-order chi connectivity index (χ1) is 15.0.